The summed E-state index contributed by atoms with van der Waals surface area (Å²) in [6, 6.07) is 11.7. The molecule has 1 aromatic heterocycles. The Hall–Kier alpha value is -3.31. The molecule has 2 aromatic carbocycles. The minimum absolute atomic E-state index is 0.00903. The van der Waals surface area contributed by atoms with Crippen molar-refractivity contribution in [1.29, 1.82) is 0 Å². The summed E-state index contributed by atoms with van der Waals surface area (Å²) < 4.78 is 43.9. The summed E-state index contributed by atoms with van der Waals surface area (Å²) in [5.41, 5.74) is 0.628. The van der Waals surface area contributed by atoms with E-state index in [2.05, 4.69) is 16.2 Å². The highest BCUT2D eigenvalue weighted by molar-refractivity contribution is 7.13. The zero-order chi connectivity index (χ0) is 20.9. The average Bonchev–Trinajstić information content (AvgIpc) is 3.14. The van der Waals surface area contributed by atoms with Gasteiger partial charge in [0.2, 0.25) is 5.91 Å². The van der Waals surface area contributed by atoms with Gasteiger partial charge < -0.3 is 10.1 Å². The van der Waals surface area contributed by atoms with E-state index in [-0.39, 0.29) is 18.9 Å². The molecule has 0 unspecified atom stereocenters. The van der Waals surface area contributed by atoms with Crippen LogP contribution in [0.3, 0.4) is 0 Å². The van der Waals surface area contributed by atoms with Crippen LogP contribution in [0.25, 0.3) is 10.6 Å². The molecule has 0 spiro atoms. The first-order valence-corrected chi connectivity index (χ1v) is 9.31. The van der Waals surface area contributed by atoms with E-state index in [4.69, 9.17) is 11.2 Å². The quantitative estimate of drug-likeness (QED) is 0.574. The summed E-state index contributed by atoms with van der Waals surface area (Å²) in [6.07, 6.45) is 0.717. The maximum Gasteiger partial charge on any atom is 0.416 e. The van der Waals surface area contributed by atoms with Gasteiger partial charge in [0.25, 0.3) is 0 Å². The third-order valence-corrected chi connectivity index (χ3v) is 4.71. The molecule has 0 aliphatic rings. The molecule has 0 fully saturated rings. The first-order valence-electron chi connectivity index (χ1n) is 8.43. The lowest BCUT2D eigenvalue weighted by Crippen LogP contribution is -2.14. The standard InChI is InChI=1S/C21H15F3N2O2S/c1-2-9-28-18-8-4-7-16(11-18)25-19(27)12-17-13-29-20(26-17)14-5-3-6-15(10-14)21(22,23)24/h1,3-8,10-11,13H,9,12H2,(H,25,27). The second-order valence-corrected chi connectivity index (χ2v) is 6.83. The van der Waals surface area contributed by atoms with Crippen molar-refractivity contribution >= 4 is 22.9 Å². The molecule has 1 heterocycles. The summed E-state index contributed by atoms with van der Waals surface area (Å²) >= 11 is 1.18. The summed E-state index contributed by atoms with van der Waals surface area (Å²) in [7, 11) is 0. The molecule has 0 atom stereocenters. The van der Waals surface area contributed by atoms with E-state index in [9.17, 15) is 18.0 Å². The van der Waals surface area contributed by atoms with Crippen molar-refractivity contribution in [1.82, 2.24) is 4.98 Å². The van der Waals surface area contributed by atoms with E-state index in [0.717, 1.165) is 12.1 Å². The predicted octanol–water partition coefficient (Wildman–Crippen LogP) is 5.02. The summed E-state index contributed by atoms with van der Waals surface area (Å²) in [6.45, 7) is 0.120. The van der Waals surface area contributed by atoms with E-state index in [1.807, 2.05) is 0 Å². The third-order valence-electron chi connectivity index (χ3n) is 3.77. The number of benzene rings is 2. The van der Waals surface area contributed by atoms with Crippen LogP contribution in [-0.4, -0.2) is 17.5 Å². The van der Waals surface area contributed by atoms with E-state index in [0.29, 0.717) is 27.7 Å². The van der Waals surface area contributed by atoms with Crippen LogP contribution < -0.4 is 10.1 Å². The van der Waals surface area contributed by atoms with Crippen molar-refractivity contribution in [2.45, 2.75) is 12.6 Å². The summed E-state index contributed by atoms with van der Waals surface area (Å²) in [4.78, 5) is 16.6. The molecule has 148 valence electrons. The number of terminal acetylenes is 1. The van der Waals surface area contributed by atoms with Gasteiger partial charge in [-0.2, -0.15) is 13.2 Å². The van der Waals surface area contributed by atoms with E-state index < -0.39 is 11.7 Å². The highest BCUT2D eigenvalue weighted by atomic mass is 32.1. The number of nitrogens with zero attached hydrogens (tertiary/aromatic N) is 1. The molecule has 3 aromatic rings. The van der Waals surface area contributed by atoms with Crippen molar-refractivity contribution in [3.8, 4) is 28.7 Å². The number of hydrogen-bond donors (Lipinski definition) is 1. The largest absolute Gasteiger partial charge is 0.481 e. The van der Waals surface area contributed by atoms with Crippen LogP contribution in [0.2, 0.25) is 0 Å². The normalized spacial score (nSPS) is 11.0. The number of carbonyl (C=O) groups is 1. The second-order valence-electron chi connectivity index (χ2n) is 5.97. The smallest absolute Gasteiger partial charge is 0.416 e. The van der Waals surface area contributed by atoms with E-state index >= 15 is 0 Å². The second kappa shape index (κ2) is 8.80. The van der Waals surface area contributed by atoms with Crippen LogP contribution in [0.1, 0.15) is 11.3 Å². The van der Waals surface area contributed by atoms with E-state index in [1.54, 1.807) is 35.7 Å². The van der Waals surface area contributed by atoms with Crippen LogP contribution in [0.15, 0.2) is 53.9 Å². The predicted molar refractivity (Wildman–Crippen MR) is 106 cm³/mol. The molecule has 0 saturated heterocycles. The Kier molecular flexibility index (Phi) is 6.20. The zero-order valence-corrected chi connectivity index (χ0v) is 15.8. The minimum atomic E-state index is -4.42. The van der Waals surface area contributed by atoms with Crippen molar-refractivity contribution in [2.75, 3.05) is 11.9 Å². The minimum Gasteiger partial charge on any atom is -0.481 e. The van der Waals surface area contributed by atoms with Gasteiger partial charge in [-0.05, 0) is 24.3 Å². The SMILES string of the molecule is C#CCOc1cccc(NC(=O)Cc2csc(-c3cccc(C(F)(F)F)c3)n2)c1. The highest BCUT2D eigenvalue weighted by Crippen LogP contribution is 2.33. The lowest BCUT2D eigenvalue weighted by atomic mass is 10.1. The Bertz CT molecular complexity index is 1050. The van der Waals surface area contributed by atoms with Gasteiger partial charge in [0, 0.05) is 22.7 Å². The lowest BCUT2D eigenvalue weighted by Gasteiger charge is -2.07. The van der Waals surface area contributed by atoms with Crippen molar-refractivity contribution in [3.05, 3.63) is 65.2 Å². The number of hydrogen-bond acceptors (Lipinski definition) is 4. The maximum atomic E-state index is 12.9. The molecule has 0 radical (unpaired) electrons. The number of aromatic nitrogens is 1. The Balaban J connectivity index is 1.66. The molecule has 8 heteroatoms. The van der Waals surface area contributed by atoms with Gasteiger partial charge in [0.1, 0.15) is 17.4 Å². The fourth-order valence-electron chi connectivity index (χ4n) is 2.51. The van der Waals surface area contributed by atoms with Gasteiger partial charge in [0.05, 0.1) is 17.7 Å². The van der Waals surface area contributed by atoms with E-state index in [1.165, 1.54) is 17.4 Å². The van der Waals surface area contributed by atoms with Crippen molar-refractivity contribution in [2.24, 2.45) is 0 Å². The van der Waals surface area contributed by atoms with Gasteiger partial charge in [-0.15, -0.1) is 17.8 Å². The Labute approximate surface area is 169 Å². The average molecular weight is 416 g/mol. The number of thiazole rings is 1. The van der Waals surface area contributed by atoms with Crippen LogP contribution >= 0.6 is 11.3 Å². The van der Waals surface area contributed by atoms with Crippen molar-refractivity contribution < 1.29 is 22.7 Å². The number of rotatable bonds is 6. The van der Waals surface area contributed by atoms with Crippen molar-refractivity contribution in [3.63, 3.8) is 0 Å². The number of nitrogens with one attached hydrogen (secondary N) is 1. The summed E-state index contributed by atoms with van der Waals surface area (Å²) in [5, 5.41) is 4.80. The van der Waals surface area contributed by atoms with Gasteiger partial charge in [-0.1, -0.05) is 24.1 Å². The molecule has 1 amide bonds. The molecule has 0 bridgehead atoms. The lowest BCUT2D eigenvalue weighted by molar-refractivity contribution is -0.137. The molecule has 1 N–H and O–H groups in total. The zero-order valence-electron chi connectivity index (χ0n) is 15.0. The number of carbonyl (C=O) groups excluding carboxylic acids is 1. The Morgan fingerprint density at radius 1 is 1.21 bits per heavy atom. The molecule has 0 saturated carbocycles. The molecular formula is C21H15F3N2O2S. The fraction of sp³-hybridized carbons (Fsp3) is 0.143. The maximum absolute atomic E-state index is 12.9. The number of ether oxygens (including phenoxy) is 1. The first-order chi connectivity index (χ1) is 13.8. The van der Waals surface area contributed by atoms with Crippen LogP contribution in [0, 0.1) is 12.3 Å². The van der Waals surface area contributed by atoms with Gasteiger partial charge >= 0.3 is 6.18 Å². The molecular weight excluding hydrogens is 401 g/mol. The number of halogens is 3. The Morgan fingerprint density at radius 3 is 2.76 bits per heavy atom. The van der Waals surface area contributed by atoms with Gasteiger partial charge in [0.15, 0.2) is 0 Å². The highest BCUT2D eigenvalue weighted by Gasteiger charge is 2.30. The fourth-order valence-corrected chi connectivity index (χ4v) is 3.32. The molecule has 29 heavy (non-hydrogen) atoms. The van der Waals surface area contributed by atoms with Crippen LogP contribution in [0.4, 0.5) is 18.9 Å². The topological polar surface area (TPSA) is 51.2 Å². The molecule has 0 aliphatic heterocycles. The number of amides is 1. The number of alkyl halides is 3. The van der Waals surface area contributed by atoms with Crippen LogP contribution in [-0.2, 0) is 17.4 Å². The monoisotopic (exact) mass is 416 g/mol. The molecule has 0 aliphatic carbocycles. The van der Waals surface area contributed by atoms with Gasteiger partial charge in [-0.25, -0.2) is 4.98 Å². The third kappa shape index (κ3) is 5.59. The molecule has 3 rings (SSSR count). The van der Waals surface area contributed by atoms with Gasteiger partial charge in [-0.3, -0.25) is 4.79 Å². The Morgan fingerprint density at radius 2 is 2.00 bits per heavy atom. The molecule has 4 nitrogen and oxygen atoms in total. The first kappa shape index (κ1) is 20.4. The van der Waals surface area contributed by atoms with Crippen LogP contribution in [0.5, 0.6) is 5.75 Å². The number of anilines is 1. The summed E-state index contributed by atoms with van der Waals surface area (Å²) in [5.74, 6) is 2.58.